The van der Waals surface area contributed by atoms with Crippen LogP contribution in [-0.4, -0.2) is 23.8 Å². The van der Waals surface area contributed by atoms with Crippen LogP contribution in [0.1, 0.15) is 199 Å². The van der Waals surface area contributed by atoms with Gasteiger partial charge in [0.2, 0.25) is 0 Å². The summed E-state index contributed by atoms with van der Waals surface area (Å²) >= 11 is 4.09. The molecule has 0 fully saturated rings. The second-order valence-corrected chi connectivity index (χ2v) is 21.0. The van der Waals surface area contributed by atoms with E-state index in [0.717, 1.165) is 123 Å². The molecule has 9 rings (SSSR count). The predicted molar refractivity (Wildman–Crippen MR) is 339 cm³/mol. The number of hydrogen-bond acceptors (Lipinski definition) is 5. The van der Waals surface area contributed by atoms with Crippen LogP contribution in [0.3, 0.4) is 0 Å². The Morgan fingerprint density at radius 1 is 0.550 bits per heavy atom. The van der Waals surface area contributed by atoms with Crippen LogP contribution in [0.5, 0.6) is 0 Å². The SMILES string of the molecule is CCCCCCCCCCc1c2nc(c(C#Cc3ccc4c(c3)[B]c3ccccc3N4CCCC)c3ccc([n-]3)c(CCCCCCCCCC)c3nc(c(C#Cc4ccc(C)cc4)c4ccc1[n-]4)C=C3)C=C2.[2H]C#CC#CN=S.[Zn+2]. The first-order valence-electron chi connectivity index (χ1n) is 29.6. The molecular weight excluding hydrogens is 1050 g/mol. The number of rotatable bonds is 21. The molecule has 0 saturated carbocycles. The second-order valence-electron chi connectivity index (χ2n) is 20.8. The zero-order valence-corrected chi connectivity index (χ0v) is 51.5. The van der Waals surface area contributed by atoms with Crippen molar-refractivity contribution < 1.29 is 20.8 Å². The Labute approximate surface area is 498 Å². The van der Waals surface area contributed by atoms with Gasteiger partial charge in [0.1, 0.15) is 1.37 Å². The smallest absolute Gasteiger partial charge is 0.656 e. The van der Waals surface area contributed by atoms with Gasteiger partial charge in [0.25, 0.3) is 0 Å². The molecule has 6 heterocycles. The minimum Gasteiger partial charge on any atom is -0.656 e. The summed E-state index contributed by atoms with van der Waals surface area (Å²) in [6.45, 7) is 9.92. The van der Waals surface area contributed by atoms with E-state index in [1.807, 2.05) is 6.40 Å². The molecule has 0 saturated heterocycles. The molecule has 0 unspecified atom stereocenters. The maximum atomic E-state index is 6.24. The fourth-order valence-electron chi connectivity index (χ4n) is 10.5. The van der Waals surface area contributed by atoms with Crippen LogP contribution in [0.4, 0.5) is 11.4 Å². The second kappa shape index (κ2) is 32.3. The van der Waals surface area contributed by atoms with Crippen molar-refractivity contribution in [3.8, 4) is 48.0 Å². The molecule has 3 aromatic heterocycles. The molecule has 0 atom stereocenters. The summed E-state index contributed by atoms with van der Waals surface area (Å²) in [5.74, 6) is 18.7. The number of aromatic nitrogens is 4. The summed E-state index contributed by atoms with van der Waals surface area (Å²) in [6, 6.07) is 34.6. The van der Waals surface area contributed by atoms with Crippen LogP contribution >= 0.6 is 0 Å². The van der Waals surface area contributed by atoms with Gasteiger partial charge in [-0.05, 0) is 111 Å². The maximum absolute atomic E-state index is 6.24. The molecule has 8 bridgehead atoms. The molecular formula is C71H74BN6SZn. The number of hydrogen-bond donors (Lipinski definition) is 0. The van der Waals surface area contributed by atoms with Crippen LogP contribution in [0.2, 0.25) is 0 Å². The summed E-state index contributed by atoms with van der Waals surface area (Å²) in [6.07, 6.45) is 34.5. The Balaban J connectivity index is 0.00000111. The van der Waals surface area contributed by atoms with E-state index in [4.69, 9.17) is 21.3 Å². The molecule has 0 N–H and O–H groups in total. The van der Waals surface area contributed by atoms with Gasteiger partial charge in [-0.25, -0.2) is 9.97 Å². The van der Waals surface area contributed by atoms with E-state index in [2.05, 4.69) is 214 Å². The summed E-state index contributed by atoms with van der Waals surface area (Å²) in [5, 5.41) is 0. The molecule has 3 aromatic carbocycles. The van der Waals surface area contributed by atoms with Crippen molar-refractivity contribution in [2.45, 2.75) is 156 Å². The van der Waals surface area contributed by atoms with E-state index in [1.54, 1.807) is 0 Å². The molecule has 0 spiro atoms. The fourth-order valence-corrected chi connectivity index (χ4v) is 10.5. The Morgan fingerprint density at radius 3 is 1.59 bits per heavy atom. The summed E-state index contributed by atoms with van der Waals surface area (Å²) in [4.78, 5) is 24.3. The van der Waals surface area contributed by atoms with E-state index < -0.39 is 0 Å². The van der Waals surface area contributed by atoms with Gasteiger partial charge in [0, 0.05) is 46.1 Å². The van der Waals surface area contributed by atoms with Crippen molar-refractivity contribution in [3.05, 3.63) is 153 Å². The van der Waals surface area contributed by atoms with Gasteiger partial charge in [0.05, 0.1) is 41.2 Å². The van der Waals surface area contributed by atoms with Crippen molar-refractivity contribution in [3.63, 3.8) is 0 Å². The zero-order valence-electron chi connectivity index (χ0n) is 48.7. The largest absolute Gasteiger partial charge is 2.00 e. The molecule has 1 radical (unpaired) electrons. The first-order chi connectivity index (χ1) is 39.4. The molecule has 6 aromatic rings. The molecule has 0 aliphatic carbocycles. The number of unbranched alkanes of at least 4 members (excludes halogenated alkanes) is 15. The monoisotopic (exact) mass is 1120 g/mol. The van der Waals surface area contributed by atoms with Crippen LogP contribution in [0.15, 0.2) is 95.4 Å². The number of aryl methyl sites for hydroxylation is 3. The van der Waals surface area contributed by atoms with Crippen LogP contribution in [-0.2, 0) is 44.7 Å². The van der Waals surface area contributed by atoms with E-state index in [-0.39, 0.29) is 19.5 Å². The van der Waals surface area contributed by atoms with Gasteiger partial charge in [-0.3, -0.25) is 0 Å². The quantitative estimate of drug-likeness (QED) is 0.0406. The van der Waals surface area contributed by atoms with Crippen LogP contribution < -0.4 is 25.8 Å². The molecule has 80 heavy (non-hydrogen) atoms. The number of para-hydroxylation sites is 1. The molecule has 0 amide bonds. The summed E-state index contributed by atoms with van der Waals surface area (Å²) < 4.78 is 9.25. The Hall–Kier alpha value is -6.99. The molecule has 9 heteroatoms. The van der Waals surface area contributed by atoms with Crippen molar-refractivity contribution in [1.29, 1.82) is 0 Å². The van der Waals surface area contributed by atoms with E-state index in [0.29, 0.717) is 0 Å². The van der Waals surface area contributed by atoms with E-state index >= 15 is 0 Å². The molecule has 399 valence electrons. The first kappa shape index (κ1) is 59.1. The number of nitrogens with zero attached hydrogens (tertiary/aromatic N) is 6. The first-order valence-corrected chi connectivity index (χ1v) is 29.5. The van der Waals surface area contributed by atoms with Crippen molar-refractivity contribution in [2.24, 2.45) is 4.36 Å². The standard InChI is InChI=1S/C67H73BN5.C4HNS.Zn/c1-5-8-11-13-15-17-19-21-25-52-58-38-42-62(69-58)54(36-33-50-31-29-49(4)30-32-50)63-43-39-59(70-63)53(26-22-20-18-16-14-12-9-6-2)61-41-45-65(72-61)55(64-44-40-60(52)71-64)37-34-51-35-46-67-57(48-51)68-56-27-23-24-28-66(56)73(67)47-10-7-3;1-2-3-4-5-6;/h23-24,27-32,35,38-46,48H,5-22,25-26,47H2,1-4H3;1H;/q-2;;+2/i;1D;. The number of fused-ring (bicyclic) bond motifs is 10. The molecule has 6 nitrogen and oxygen atoms in total. The van der Waals surface area contributed by atoms with Gasteiger partial charge in [0.15, 0.2) is 7.28 Å². The average Bonchev–Trinajstić information content (AvgIpc) is 4.39. The zero-order chi connectivity index (χ0) is 55.7. The van der Waals surface area contributed by atoms with Crippen molar-refractivity contribution in [1.82, 2.24) is 19.9 Å². The third-order valence-corrected chi connectivity index (χ3v) is 14.9. The fraction of sp³-hybridized carbons (Fsp3) is 0.352. The Bertz CT molecular complexity index is 3580. The topological polar surface area (TPSA) is 69.6 Å². The third kappa shape index (κ3) is 16.8. The Morgan fingerprint density at radius 2 is 1.04 bits per heavy atom. The number of terminal acetylenes is 1. The van der Waals surface area contributed by atoms with Crippen LogP contribution in [0.25, 0.3) is 46.4 Å². The summed E-state index contributed by atoms with van der Waals surface area (Å²) in [7, 11) is 2.31. The molecule has 3 aliphatic heterocycles. The number of benzene rings is 3. The van der Waals surface area contributed by atoms with E-state index in [1.165, 1.54) is 118 Å². The van der Waals surface area contributed by atoms with Crippen molar-refractivity contribution >= 4 is 88.4 Å². The van der Waals surface area contributed by atoms with Gasteiger partial charge < -0.3 is 14.9 Å². The predicted octanol–water partition coefficient (Wildman–Crippen LogP) is 15.6. The van der Waals surface area contributed by atoms with E-state index in [9.17, 15) is 0 Å². The van der Waals surface area contributed by atoms with Crippen LogP contribution in [0, 0.1) is 54.9 Å². The minimum atomic E-state index is 0. The molecule has 3 aliphatic rings. The van der Waals surface area contributed by atoms with Gasteiger partial charge in [-0.1, -0.05) is 218 Å². The maximum Gasteiger partial charge on any atom is 2.00 e. The number of anilines is 2. The minimum absolute atomic E-state index is 0. The van der Waals surface area contributed by atoms with Gasteiger partial charge in [-0.15, -0.1) is 32.8 Å². The summed E-state index contributed by atoms with van der Waals surface area (Å²) in [5.41, 5.74) is 19.2. The third-order valence-electron chi connectivity index (χ3n) is 14.9. The Kier molecular flexibility index (Phi) is 23.9. The van der Waals surface area contributed by atoms with Crippen molar-refractivity contribution in [2.75, 3.05) is 11.4 Å². The average molecular weight is 1120 g/mol. The van der Waals surface area contributed by atoms with Gasteiger partial charge in [-0.2, -0.15) is 0 Å². The van der Waals surface area contributed by atoms with Gasteiger partial charge >= 0.3 is 19.5 Å². The normalized spacial score (nSPS) is 11.5.